The van der Waals surface area contributed by atoms with Crippen LogP contribution in [0.4, 0.5) is 0 Å². The Balaban J connectivity index is 1.78. The minimum atomic E-state index is -0.266. The first-order valence-electron chi connectivity index (χ1n) is 8.96. The fraction of sp³-hybridized carbons (Fsp3) is 0.190. The number of H-pyrrole nitrogens is 1. The van der Waals surface area contributed by atoms with Gasteiger partial charge in [-0.15, -0.1) is 0 Å². The van der Waals surface area contributed by atoms with Gasteiger partial charge in [-0.2, -0.15) is 0 Å². The SMILES string of the molecule is Cc1ccn2c3c(nc2c1)CNC(=O)CC3c1cc(=O)c2ccccc2[nH]1. The van der Waals surface area contributed by atoms with Crippen molar-refractivity contribution in [1.82, 2.24) is 19.7 Å². The first kappa shape index (κ1) is 15.8. The molecule has 2 N–H and O–H groups in total. The van der Waals surface area contributed by atoms with Crippen LogP contribution in [0.25, 0.3) is 16.6 Å². The van der Waals surface area contributed by atoms with Crippen LogP contribution in [0, 0.1) is 6.92 Å². The van der Waals surface area contributed by atoms with Crippen molar-refractivity contribution >= 4 is 22.5 Å². The van der Waals surface area contributed by atoms with Gasteiger partial charge in [-0.1, -0.05) is 12.1 Å². The highest BCUT2D eigenvalue weighted by Gasteiger charge is 2.29. The van der Waals surface area contributed by atoms with Crippen molar-refractivity contribution in [2.75, 3.05) is 0 Å². The van der Waals surface area contributed by atoms with E-state index in [1.54, 1.807) is 12.1 Å². The number of imidazole rings is 1. The van der Waals surface area contributed by atoms with Crippen LogP contribution in [0.2, 0.25) is 0 Å². The van der Waals surface area contributed by atoms with Crippen LogP contribution < -0.4 is 10.7 Å². The molecule has 1 unspecified atom stereocenters. The number of para-hydroxylation sites is 1. The Morgan fingerprint density at radius 1 is 1.15 bits per heavy atom. The molecule has 0 aliphatic carbocycles. The number of amides is 1. The van der Waals surface area contributed by atoms with Crippen LogP contribution in [0.3, 0.4) is 0 Å². The summed E-state index contributed by atoms with van der Waals surface area (Å²) in [4.78, 5) is 33.1. The molecule has 0 spiro atoms. The molecule has 1 aliphatic rings. The second-order valence-electron chi connectivity index (χ2n) is 7.04. The lowest BCUT2D eigenvalue weighted by Crippen LogP contribution is -2.22. The summed E-state index contributed by atoms with van der Waals surface area (Å²) in [5.41, 5.74) is 5.23. The van der Waals surface area contributed by atoms with Crippen LogP contribution in [0.1, 0.15) is 35.0 Å². The summed E-state index contributed by atoms with van der Waals surface area (Å²) in [5, 5.41) is 3.57. The van der Waals surface area contributed by atoms with E-state index < -0.39 is 0 Å². The average molecular weight is 358 g/mol. The van der Waals surface area contributed by atoms with Gasteiger partial charge >= 0.3 is 0 Å². The van der Waals surface area contributed by atoms with Gasteiger partial charge < -0.3 is 14.7 Å². The van der Waals surface area contributed by atoms with Crippen LogP contribution in [-0.2, 0) is 11.3 Å². The van der Waals surface area contributed by atoms with E-state index in [1.807, 2.05) is 47.9 Å². The van der Waals surface area contributed by atoms with Gasteiger partial charge in [0.15, 0.2) is 5.43 Å². The Hall–Kier alpha value is -3.41. The van der Waals surface area contributed by atoms with Gasteiger partial charge in [-0.25, -0.2) is 4.98 Å². The molecule has 0 saturated heterocycles. The number of benzene rings is 1. The number of aryl methyl sites for hydroxylation is 1. The number of nitrogens with zero attached hydrogens (tertiary/aromatic N) is 2. The summed E-state index contributed by atoms with van der Waals surface area (Å²) >= 11 is 0. The van der Waals surface area contributed by atoms with Crippen LogP contribution in [0.5, 0.6) is 0 Å². The van der Waals surface area contributed by atoms with E-state index in [2.05, 4.69) is 10.3 Å². The molecule has 0 bridgehead atoms. The Labute approximate surface area is 154 Å². The van der Waals surface area contributed by atoms with E-state index in [0.29, 0.717) is 11.9 Å². The van der Waals surface area contributed by atoms with Gasteiger partial charge in [-0.05, 0) is 36.8 Å². The van der Waals surface area contributed by atoms with Gasteiger partial charge in [-0.3, -0.25) is 9.59 Å². The number of fused-ring (bicyclic) bond motifs is 4. The molecule has 5 rings (SSSR count). The highest BCUT2D eigenvalue weighted by atomic mass is 16.1. The Morgan fingerprint density at radius 3 is 2.89 bits per heavy atom. The molecule has 4 heterocycles. The summed E-state index contributed by atoms with van der Waals surface area (Å²) in [6, 6.07) is 13.1. The fourth-order valence-electron chi connectivity index (χ4n) is 3.91. The number of rotatable bonds is 1. The molecule has 0 radical (unpaired) electrons. The van der Waals surface area contributed by atoms with Crippen molar-refractivity contribution in [3.8, 4) is 0 Å². The van der Waals surface area contributed by atoms with E-state index >= 15 is 0 Å². The second kappa shape index (κ2) is 5.81. The smallest absolute Gasteiger partial charge is 0.221 e. The molecular weight excluding hydrogens is 340 g/mol. The third-order valence-corrected chi connectivity index (χ3v) is 5.20. The molecule has 1 aromatic carbocycles. The molecule has 1 atom stereocenters. The third-order valence-electron chi connectivity index (χ3n) is 5.20. The van der Waals surface area contributed by atoms with Crippen molar-refractivity contribution in [2.24, 2.45) is 0 Å². The third kappa shape index (κ3) is 2.52. The molecular formula is C21H18N4O2. The number of hydrogen-bond acceptors (Lipinski definition) is 3. The number of nitrogens with one attached hydrogen (secondary N) is 2. The van der Waals surface area contributed by atoms with Gasteiger partial charge in [0, 0.05) is 35.3 Å². The van der Waals surface area contributed by atoms with Crippen molar-refractivity contribution in [3.05, 3.63) is 81.5 Å². The average Bonchev–Trinajstić information content (AvgIpc) is 2.93. The Kier molecular flexibility index (Phi) is 3.40. The molecule has 1 amide bonds. The maximum atomic E-state index is 12.6. The van der Waals surface area contributed by atoms with Crippen molar-refractivity contribution in [2.45, 2.75) is 25.8 Å². The quantitative estimate of drug-likeness (QED) is 0.549. The highest BCUT2D eigenvalue weighted by Crippen LogP contribution is 2.32. The largest absolute Gasteiger partial charge is 0.358 e. The maximum Gasteiger partial charge on any atom is 0.221 e. The van der Waals surface area contributed by atoms with Gasteiger partial charge in [0.1, 0.15) is 5.65 Å². The van der Waals surface area contributed by atoms with Gasteiger partial charge in [0.25, 0.3) is 0 Å². The van der Waals surface area contributed by atoms with Crippen LogP contribution in [0.15, 0.2) is 53.5 Å². The maximum absolute atomic E-state index is 12.6. The van der Waals surface area contributed by atoms with Crippen LogP contribution >= 0.6 is 0 Å². The fourth-order valence-corrected chi connectivity index (χ4v) is 3.91. The van der Waals surface area contributed by atoms with E-state index in [1.165, 1.54) is 0 Å². The van der Waals surface area contributed by atoms with Gasteiger partial charge in [0.05, 0.1) is 23.9 Å². The molecule has 6 heteroatoms. The lowest BCUT2D eigenvalue weighted by molar-refractivity contribution is -0.121. The molecule has 4 aromatic rings. The van der Waals surface area contributed by atoms with Crippen molar-refractivity contribution in [3.63, 3.8) is 0 Å². The summed E-state index contributed by atoms with van der Waals surface area (Å²) < 4.78 is 2.03. The molecule has 27 heavy (non-hydrogen) atoms. The number of aromatic nitrogens is 3. The number of carbonyl (C=O) groups excluding carboxylic acids is 1. The standard InChI is InChI=1S/C21H18N4O2/c1-12-6-7-25-19(8-12)24-17-11-22-20(27)9-14(21(17)25)16-10-18(26)13-4-2-3-5-15(13)23-16/h2-8,10,14H,9,11H2,1H3,(H,22,27)(H,23,26). The van der Waals surface area contributed by atoms with Crippen LogP contribution in [-0.4, -0.2) is 20.3 Å². The molecule has 3 aromatic heterocycles. The highest BCUT2D eigenvalue weighted by molar-refractivity contribution is 5.80. The normalized spacial score (nSPS) is 16.9. The van der Waals surface area contributed by atoms with E-state index in [0.717, 1.165) is 33.8 Å². The molecule has 1 aliphatic heterocycles. The zero-order valence-corrected chi connectivity index (χ0v) is 14.8. The zero-order chi connectivity index (χ0) is 18.5. The Morgan fingerprint density at radius 2 is 2.00 bits per heavy atom. The Bertz CT molecular complexity index is 1270. The van der Waals surface area contributed by atoms with E-state index in [9.17, 15) is 9.59 Å². The molecule has 134 valence electrons. The topological polar surface area (TPSA) is 79.3 Å². The summed E-state index contributed by atoms with van der Waals surface area (Å²) in [6.45, 7) is 2.42. The van der Waals surface area contributed by atoms with Crippen molar-refractivity contribution in [1.29, 1.82) is 0 Å². The minimum Gasteiger partial charge on any atom is -0.358 e. The second-order valence-corrected chi connectivity index (χ2v) is 7.04. The molecule has 0 fully saturated rings. The molecule has 0 saturated carbocycles. The minimum absolute atomic E-state index is 0.0461. The first-order chi connectivity index (χ1) is 13.1. The lowest BCUT2D eigenvalue weighted by Gasteiger charge is -2.16. The van der Waals surface area contributed by atoms with E-state index in [-0.39, 0.29) is 23.7 Å². The van der Waals surface area contributed by atoms with E-state index in [4.69, 9.17) is 4.98 Å². The predicted octanol–water partition coefficient (Wildman–Crippen LogP) is 2.64. The van der Waals surface area contributed by atoms with Crippen molar-refractivity contribution < 1.29 is 4.79 Å². The number of pyridine rings is 2. The number of aromatic amines is 1. The summed E-state index contributed by atoms with van der Waals surface area (Å²) in [6.07, 6.45) is 2.25. The predicted molar refractivity (Wildman–Crippen MR) is 103 cm³/mol. The number of carbonyl (C=O) groups is 1. The summed E-state index contributed by atoms with van der Waals surface area (Å²) in [7, 11) is 0. The lowest BCUT2D eigenvalue weighted by atomic mass is 9.95. The summed E-state index contributed by atoms with van der Waals surface area (Å²) in [5.74, 6) is -0.314. The zero-order valence-electron chi connectivity index (χ0n) is 14.8. The monoisotopic (exact) mass is 358 g/mol. The first-order valence-corrected chi connectivity index (χ1v) is 8.96. The van der Waals surface area contributed by atoms with Gasteiger partial charge in [0.2, 0.25) is 5.91 Å². The molecule has 6 nitrogen and oxygen atoms in total. The number of hydrogen-bond donors (Lipinski definition) is 2.